The predicted octanol–water partition coefficient (Wildman–Crippen LogP) is 1.19. The van der Waals surface area contributed by atoms with Gasteiger partial charge < -0.3 is 15.3 Å². The summed E-state index contributed by atoms with van der Waals surface area (Å²) in [5.41, 5.74) is 0. The normalized spacial score (nSPS) is 26.4. The molecular weight excluding hydrogens is 244 g/mol. The highest BCUT2D eigenvalue weighted by Gasteiger charge is 2.42. The SMILES string of the molecule is CCC1CC(C(=O)O)C(C(=O)N(C)CCCNC)C1. The van der Waals surface area contributed by atoms with Crippen LogP contribution >= 0.6 is 0 Å². The van der Waals surface area contributed by atoms with Crippen LogP contribution < -0.4 is 5.32 Å². The van der Waals surface area contributed by atoms with Crippen molar-refractivity contribution in [3.63, 3.8) is 0 Å². The molecule has 110 valence electrons. The topological polar surface area (TPSA) is 69.6 Å². The first kappa shape index (κ1) is 16.0. The zero-order valence-electron chi connectivity index (χ0n) is 12.2. The largest absolute Gasteiger partial charge is 0.481 e. The van der Waals surface area contributed by atoms with E-state index >= 15 is 0 Å². The van der Waals surface area contributed by atoms with E-state index in [0.717, 1.165) is 25.8 Å². The lowest BCUT2D eigenvalue weighted by molar-refractivity contribution is -0.148. The number of carbonyl (C=O) groups is 2. The third-order valence-electron chi connectivity index (χ3n) is 4.17. The van der Waals surface area contributed by atoms with Gasteiger partial charge in [0.1, 0.15) is 0 Å². The molecule has 5 nitrogen and oxygen atoms in total. The molecule has 0 heterocycles. The number of nitrogens with one attached hydrogen (secondary N) is 1. The zero-order chi connectivity index (χ0) is 14.4. The number of nitrogens with zero attached hydrogens (tertiary/aromatic N) is 1. The van der Waals surface area contributed by atoms with Crippen LogP contribution in [0.15, 0.2) is 0 Å². The van der Waals surface area contributed by atoms with Gasteiger partial charge in [-0.25, -0.2) is 0 Å². The van der Waals surface area contributed by atoms with Crippen LogP contribution in [0, 0.1) is 17.8 Å². The van der Waals surface area contributed by atoms with Crippen molar-refractivity contribution in [3.8, 4) is 0 Å². The van der Waals surface area contributed by atoms with E-state index in [1.807, 2.05) is 7.05 Å². The smallest absolute Gasteiger partial charge is 0.307 e. The van der Waals surface area contributed by atoms with Crippen molar-refractivity contribution < 1.29 is 14.7 Å². The number of amides is 1. The maximum Gasteiger partial charge on any atom is 0.307 e. The monoisotopic (exact) mass is 270 g/mol. The van der Waals surface area contributed by atoms with Crippen LogP contribution in [0.1, 0.15) is 32.6 Å². The van der Waals surface area contributed by atoms with Crippen LogP contribution in [0.4, 0.5) is 0 Å². The van der Waals surface area contributed by atoms with Gasteiger partial charge >= 0.3 is 5.97 Å². The quantitative estimate of drug-likeness (QED) is 0.682. The molecule has 1 amide bonds. The minimum atomic E-state index is -0.821. The average molecular weight is 270 g/mol. The van der Waals surface area contributed by atoms with Crippen LogP contribution in [0.2, 0.25) is 0 Å². The third-order valence-corrected chi connectivity index (χ3v) is 4.17. The van der Waals surface area contributed by atoms with Gasteiger partial charge in [0.25, 0.3) is 0 Å². The number of carboxylic acid groups (broad SMARTS) is 1. The Kier molecular flexibility index (Phi) is 6.28. The molecule has 19 heavy (non-hydrogen) atoms. The van der Waals surface area contributed by atoms with E-state index in [-0.39, 0.29) is 11.8 Å². The van der Waals surface area contributed by atoms with E-state index in [1.165, 1.54) is 0 Å². The number of aliphatic carboxylic acids is 1. The highest BCUT2D eigenvalue weighted by Crippen LogP contribution is 2.39. The van der Waals surface area contributed by atoms with Gasteiger partial charge in [0.15, 0.2) is 0 Å². The number of carbonyl (C=O) groups excluding carboxylic acids is 1. The summed E-state index contributed by atoms with van der Waals surface area (Å²) in [6.45, 7) is 3.61. The second kappa shape index (κ2) is 7.48. The Bertz CT molecular complexity index is 320. The molecule has 0 aromatic rings. The van der Waals surface area contributed by atoms with Crippen molar-refractivity contribution in [1.29, 1.82) is 0 Å². The number of hydrogen-bond acceptors (Lipinski definition) is 3. The molecule has 1 fully saturated rings. The summed E-state index contributed by atoms with van der Waals surface area (Å²) < 4.78 is 0. The molecular formula is C14H26N2O3. The number of rotatable bonds is 7. The summed E-state index contributed by atoms with van der Waals surface area (Å²) in [5.74, 6) is -1.27. The second-order valence-corrected chi connectivity index (χ2v) is 5.51. The maximum absolute atomic E-state index is 12.4. The lowest BCUT2D eigenvalue weighted by atomic mass is 9.95. The summed E-state index contributed by atoms with van der Waals surface area (Å²) in [5, 5.41) is 12.3. The first-order valence-corrected chi connectivity index (χ1v) is 7.13. The summed E-state index contributed by atoms with van der Waals surface area (Å²) >= 11 is 0. The van der Waals surface area contributed by atoms with Gasteiger partial charge in [0.2, 0.25) is 5.91 Å². The van der Waals surface area contributed by atoms with Gasteiger partial charge in [-0.15, -0.1) is 0 Å². The van der Waals surface area contributed by atoms with E-state index in [4.69, 9.17) is 0 Å². The average Bonchev–Trinajstić information content (AvgIpc) is 2.82. The lowest BCUT2D eigenvalue weighted by Crippen LogP contribution is -2.37. The molecule has 1 aliphatic carbocycles. The first-order chi connectivity index (χ1) is 9.01. The lowest BCUT2D eigenvalue weighted by Gasteiger charge is -2.23. The highest BCUT2D eigenvalue weighted by atomic mass is 16.4. The molecule has 0 aromatic carbocycles. The van der Waals surface area contributed by atoms with Gasteiger partial charge in [-0.05, 0) is 38.8 Å². The summed E-state index contributed by atoms with van der Waals surface area (Å²) in [6, 6.07) is 0. The molecule has 0 aromatic heterocycles. The molecule has 5 heteroatoms. The first-order valence-electron chi connectivity index (χ1n) is 7.13. The fraction of sp³-hybridized carbons (Fsp3) is 0.857. The van der Waals surface area contributed by atoms with Crippen molar-refractivity contribution in [1.82, 2.24) is 10.2 Å². The van der Waals surface area contributed by atoms with Gasteiger partial charge in [0, 0.05) is 13.6 Å². The predicted molar refractivity (Wildman–Crippen MR) is 73.8 cm³/mol. The highest BCUT2D eigenvalue weighted by molar-refractivity contribution is 5.85. The van der Waals surface area contributed by atoms with Crippen molar-refractivity contribution in [3.05, 3.63) is 0 Å². The fourth-order valence-electron chi connectivity index (χ4n) is 2.91. The van der Waals surface area contributed by atoms with E-state index in [1.54, 1.807) is 11.9 Å². The molecule has 0 radical (unpaired) electrons. The van der Waals surface area contributed by atoms with E-state index in [2.05, 4.69) is 12.2 Å². The Morgan fingerprint density at radius 2 is 1.95 bits per heavy atom. The standard InChI is InChI=1S/C14H26N2O3/c1-4-10-8-11(12(9-10)14(18)19)13(17)16(3)7-5-6-15-2/h10-12,15H,4-9H2,1-3H3,(H,18,19). The van der Waals surface area contributed by atoms with Crippen LogP contribution in [0.5, 0.6) is 0 Å². The van der Waals surface area contributed by atoms with Crippen molar-refractivity contribution in [2.75, 3.05) is 27.2 Å². The van der Waals surface area contributed by atoms with Gasteiger partial charge in [-0.2, -0.15) is 0 Å². The molecule has 1 aliphatic rings. The number of hydrogen-bond donors (Lipinski definition) is 2. The zero-order valence-corrected chi connectivity index (χ0v) is 12.2. The second-order valence-electron chi connectivity index (χ2n) is 5.51. The van der Waals surface area contributed by atoms with Gasteiger partial charge in [0.05, 0.1) is 11.8 Å². The van der Waals surface area contributed by atoms with E-state index in [0.29, 0.717) is 18.9 Å². The minimum Gasteiger partial charge on any atom is -0.481 e. The van der Waals surface area contributed by atoms with Gasteiger partial charge in [-0.1, -0.05) is 13.3 Å². The number of carboxylic acids is 1. The fourth-order valence-corrected chi connectivity index (χ4v) is 2.91. The van der Waals surface area contributed by atoms with Crippen molar-refractivity contribution >= 4 is 11.9 Å². The summed E-state index contributed by atoms with van der Waals surface area (Å²) in [4.78, 5) is 25.3. The van der Waals surface area contributed by atoms with E-state index in [9.17, 15) is 14.7 Å². The molecule has 3 unspecified atom stereocenters. The van der Waals surface area contributed by atoms with Gasteiger partial charge in [-0.3, -0.25) is 9.59 Å². The maximum atomic E-state index is 12.4. The summed E-state index contributed by atoms with van der Waals surface area (Å²) in [7, 11) is 3.65. The Labute approximate surface area is 115 Å². The Morgan fingerprint density at radius 3 is 2.47 bits per heavy atom. The molecule has 0 spiro atoms. The third kappa shape index (κ3) is 4.20. The molecule has 0 saturated heterocycles. The molecule has 0 aliphatic heterocycles. The van der Waals surface area contributed by atoms with Crippen molar-refractivity contribution in [2.24, 2.45) is 17.8 Å². The van der Waals surface area contributed by atoms with Crippen LogP contribution in [-0.2, 0) is 9.59 Å². The van der Waals surface area contributed by atoms with Crippen LogP contribution in [0.25, 0.3) is 0 Å². The molecule has 2 N–H and O–H groups in total. The van der Waals surface area contributed by atoms with E-state index < -0.39 is 11.9 Å². The molecule has 0 bridgehead atoms. The Balaban J connectivity index is 2.60. The Morgan fingerprint density at radius 1 is 1.32 bits per heavy atom. The summed E-state index contributed by atoms with van der Waals surface area (Å²) in [6.07, 6.45) is 3.21. The van der Waals surface area contributed by atoms with Crippen LogP contribution in [-0.4, -0.2) is 49.1 Å². The molecule has 1 rings (SSSR count). The molecule has 3 atom stereocenters. The minimum absolute atomic E-state index is 0.000506. The van der Waals surface area contributed by atoms with Crippen molar-refractivity contribution in [2.45, 2.75) is 32.6 Å². The Hall–Kier alpha value is -1.10. The van der Waals surface area contributed by atoms with Crippen LogP contribution in [0.3, 0.4) is 0 Å². The molecule has 1 saturated carbocycles.